The van der Waals surface area contributed by atoms with Crippen LogP contribution in [0, 0.1) is 23.2 Å². The normalized spacial score (nSPS) is 21.7. The third kappa shape index (κ3) is 6.52. The van der Waals surface area contributed by atoms with Crippen LogP contribution in [0.3, 0.4) is 0 Å². The first kappa shape index (κ1) is 34.7. The zero-order valence-corrected chi connectivity index (χ0v) is 29.3. The average Bonchev–Trinajstić information content (AvgIpc) is 3.71. The van der Waals surface area contributed by atoms with Gasteiger partial charge in [0.15, 0.2) is 0 Å². The van der Waals surface area contributed by atoms with E-state index in [0.717, 1.165) is 25.9 Å². The van der Waals surface area contributed by atoms with Crippen molar-refractivity contribution in [2.45, 2.75) is 39.0 Å². The smallest absolute Gasteiger partial charge is 1.00 e. The summed E-state index contributed by atoms with van der Waals surface area (Å²) in [7, 11) is -2.71. The molecule has 0 bridgehead atoms. The first-order valence-corrected chi connectivity index (χ1v) is 16.7. The molecule has 0 aliphatic heterocycles. The number of hydrogen-bond acceptors (Lipinski definition) is 1. The molecule has 3 aliphatic rings. The van der Waals surface area contributed by atoms with Crippen LogP contribution in [0.1, 0.15) is 39.0 Å². The van der Waals surface area contributed by atoms with Crippen molar-refractivity contribution in [3.05, 3.63) is 139 Å². The topological polar surface area (TPSA) is 9.23 Å². The molecule has 3 aromatic rings. The summed E-state index contributed by atoms with van der Waals surface area (Å²) in [5, 5.41) is 3.94. The maximum atomic E-state index is 7.46. The van der Waals surface area contributed by atoms with E-state index in [1.54, 1.807) is 5.57 Å². The Labute approximate surface area is 285 Å². The Morgan fingerprint density at radius 2 is 1.29 bits per heavy atom. The van der Waals surface area contributed by atoms with Crippen molar-refractivity contribution in [1.82, 2.24) is 0 Å². The predicted molar refractivity (Wildman–Crippen MR) is 167 cm³/mol. The average molecular weight is 691 g/mol. The molecule has 6 rings (SSSR count). The summed E-state index contributed by atoms with van der Waals surface area (Å²) in [6.45, 7) is 3.18. The Hall–Kier alpha value is -1.74. The number of hydrogen-bond donors (Lipinski definition) is 0. The van der Waals surface area contributed by atoms with Crippen LogP contribution in [0.25, 0.3) is 0 Å². The van der Waals surface area contributed by atoms with Crippen molar-refractivity contribution in [2.24, 2.45) is 23.2 Å². The third-order valence-electron chi connectivity index (χ3n) is 9.73. The van der Waals surface area contributed by atoms with E-state index in [-0.39, 0.29) is 56.4 Å². The fourth-order valence-corrected chi connectivity index (χ4v) is 11.7. The van der Waals surface area contributed by atoms with Gasteiger partial charge in [-0.2, -0.15) is 0 Å². The van der Waals surface area contributed by atoms with Crippen LogP contribution in [0.4, 0.5) is 0 Å². The van der Waals surface area contributed by atoms with Crippen molar-refractivity contribution in [3.63, 3.8) is 0 Å². The summed E-state index contributed by atoms with van der Waals surface area (Å²) in [6, 6.07) is 33.0. The van der Waals surface area contributed by atoms with Crippen LogP contribution >= 0.6 is 0 Å². The van der Waals surface area contributed by atoms with Crippen molar-refractivity contribution in [3.8, 4) is 0 Å². The minimum absolute atomic E-state index is 0. The van der Waals surface area contributed by atoms with Crippen LogP contribution in [-0.4, -0.2) is 14.9 Å². The van der Waals surface area contributed by atoms with Crippen LogP contribution in [0.15, 0.2) is 139 Å². The number of rotatable bonds is 10. The van der Waals surface area contributed by atoms with E-state index in [0.29, 0.717) is 17.8 Å². The number of fused-ring (bicyclic) bond motifs is 1. The zero-order chi connectivity index (χ0) is 26.5. The quantitative estimate of drug-likeness (QED) is 0.229. The molecule has 0 spiro atoms. The molecule has 0 N–H and O–H groups in total. The molecule has 3 aliphatic carbocycles. The summed E-state index contributed by atoms with van der Waals surface area (Å²) in [4.78, 5) is 0. The molecule has 4 unspecified atom stereocenters. The monoisotopic (exact) mass is 688 g/mol. The van der Waals surface area contributed by atoms with E-state index in [4.69, 9.17) is 4.43 Å². The molecule has 0 heterocycles. The molecule has 0 radical (unpaired) electrons. The largest absolute Gasteiger partial charge is 2.00 e. The molecule has 4 atom stereocenters. The molecule has 0 amide bonds. The number of benzene rings is 3. The number of allylic oxidation sites excluding steroid dienone is 8. The molecule has 0 saturated heterocycles. The number of halogens is 2. The van der Waals surface area contributed by atoms with Crippen LogP contribution in [-0.2, 0) is 30.6 Å². The summed E-state index contributed by atoms with van der Waals surface area (Å²) in [5.41, 5.74) is 1.77. The molecule has 3 aromatic carbocycles. The van der Waals surface area contributed by atoms with Gasteiger partial charge in [-0.25, -0.2) is 0 Å². The first-order valence-electron chi connectivity index (χ1n) is 14.8. The van der Waals surface area contributed by atoms with Crippen LogP contribution < -0.4 is 40.4 Å². The Balaban J connectivity index is 0.00000161. The van der Waals surface area contributed by atoms with E-state index in [1.165, 1.54) is 28.4 Å². The minimum atomic E-state index is -2.71. The fourth-order valence-electron chi connectivity index (χ4n) is 7.82. The maximum absolute atomic E-state index is 7.46. The van der Waals surface area contributed by atoms with Crippen molar-refractivity contribution in [2.75, 3.05) is 6.61 Å². The summed E-state index contributed by atoms with van der Waals surface area (Å²) >= 11 is 0. The van der Waals surface area contributed by atoms with Gasteiger partial charge in [-0.1, -0.05) is 146 Å². The molecule has 216 valence electrons. The van der Waals surface area contributed by atoms with Gasteiger partial charge in [0.25, 0.3) is 8.32 Å². The molecule has 0 aromatic heterocycles. The van der Waals surface area contributed by atoms with Crippen molar-refractivity contribution in [1.29, 1.82) is 0 Å². The van der Waals surface area contributed by atoms with Crippen molar-refractivity contribution < 1.29 is 55.4 Å². The van der Waals surface area contributed by atoms with Gasteiger partial charge in [0.2, 0.25) is 0 Å². The van der Waals surface area contributed by atoms with E-state index in [1.807, 2.05) is 0 Å². The van der Waals surface area contributed by atoms with Crippen molar-refractivity contribution >= 4 is 23.9 Å². The van der Waals surface area contributed by atoms with E-state index in [2.05, 4.69) is 140 Å². The summed E-state index contributed by atoms with van der Waals surface area (Å²) in [5.74, 6) is 1.98. The Bertz CT molecular complexity index is 1280. The Morgan fingerprint density at radius 3 is 1.79 bits per heavy atom. The van der Waals surface area contributed by atoms with E-state index in [9.17, 15) is 0 Å². The Kier molecular flexibility index (Phi) is 13.1. The molecule has 5 heteroatoms. The fraction of sp³-hybridized carbons (Fsp3) is 0.297. The Morgan fingerprint density at radius 1 is 0.738 bits per heavy atom. The molecule has 1 fully saturated rings. The van der Waals surface area contributed by atoms with Gasteiger partial charge in [0, 0.05) is 6.61 Å². The molecular weight excluding hydrogens is 651 g/mol. The standard InChI is InChI=1S/C37H40OSi.2ClH.Zr/c1-2-37(31-17-13-14-18-31,36-27-26-30-16-12-15-25-35(30)36)28-29-38-39(32-19-6-3-7-20-32,33-21-8-4-9-22-33)34-23-10-5-11-24-34;;;/h3-17,19-25,30,35-36H,2,18,26-29H2,1H3;2*1H;/q;;;+2/p-2. The SMILES string of the molecule is CCC(CCO[Si](c1ccccc1)(c1ccccc1)c1ccccc1)(C1=CC=CC1)C1CCC2C=CC=CC21.[Cl-].[Cl-].[Zr+2]. The molecular formula is C37H40Cl2OSiZr. The van der Waals surface area contributed by atoms with Gasteiger partial charge in [-0.05, 0) is 70.8 Å². The zero-order valence-electron chi connectivity index (χ0n) is 24.3. The van der Waals surface area contributed by atoms with Gasteiger partial charge < -0.3 is 29.2 Å². The summed E-state index contributed by atoms with van der Waals surface area (Å²) < 4.78 is 7.46. The maximum Gasteiger partial charge on any atom is 2.00 e. The van der Waals surface area contributed by atoms with E-state index < -0.39 is 8.32 Å². The minimum Gasteiger partial charge on any atom is -1.00 e. The second-order valence-electron chi connectivity index (χ2n) is 11.4. The second-order valence-corrected chi connectivity index (χ2v) is 14.8. The van der Waals surface area contributed by atoms with Gasteiger partial charge >= 0.3 is 26.2 Å². The van der Waals surface area contributed by atoms with Gasteiger partial charge in [-0.15, -0.1) is 0 Å². The van der Waals surface area contributed by atoms with Crippen LogP contribution in [0.2, 0.25) is 0 Å². The first-order chi connectivity index (χ1) is 19.3. The van der Waals surface area contributed by atoms with Gasteiger partial charge in [0.1, 0.15) is 0 Å². The molecule has 42 heavy (non-hydrogen) atoms. The summed E-state index contributed by atoms with van der Waals surface area (Å²) in [6.07, 6.45) is 22.5. The van der Waals surface area contributed by atoms with Gasteiger partial charge in [0.05, 0.1) is 0 Å². The van der Waals surface area contributed by atoms with Crippen LogP contribution in [0.5, 0.6) is 0 Å². The molecule has 1 saturated carbocycles. The van der Waals surface area contributed by atoms with Gasteiger partial charge in [-0.3, -0.25) is 0 Å². The third-order valence-corrected chi connectivity index (χ3v) is 13.8. The second kappa shape index (κ2) is 15.8. The predicted octanol–water partition coefficient (Wildman–Crippen LogP) is 1.12. The molecule has 1 nitrogen and oxygen atoms in total. The van der Waals surface area contributed by atoms with E-state index >= 15 is 0 Å².